The Morgan fingerprint density at radius 3 is 2.51 bits per heavy atom. The van der Waals surface area contributed by atoms with Crippen LogP contribution >= 0.6 is 0 Å². The average molecular weight is 750 g/mol. The molecule has 1 aliphatic heterocycles. The van der Waals surface area contributed by atoms with Gasteiger partial charge in [0.1, 0.15) is 36.4 Å². The van der Waals surface area contributed by atoms with Crippen molar-refractivity contribution in [2.75, 3.05) is 12.3 Å². The number of nitrogens with two attached hydrogens (primary N) is 1. The van der Waals surface area contributed by atoms with Gasteiger partial charge in [-0.1, -0.05) is 65.0 Å². The first-order chi connectivity index (χ1) is 24.8. The molecule has 5 rings (SSSR count). The zero-order chi connectivity index (χ0) is 38.9. The van der Waals surface area contributed by atoms with Crippen molar-refractivity contribution in [3.05, 3.63) is 64.7 Å². The normalized spacial score (nSPS) is 21.1. The van der Waals surface area contributed by atoms with Crippen LogP contribution < -0.4 is 21.9 Å². The number of amides is 2. The van der Waals surface area contributed by atoms with E-state index >= 15 is 0 Å². The van der Waals surface area contributed by atoms with Crippen LogP contribution in [0.3, 0.4) is 0 Å². The third-order valence-electron chi connectivity index (χ3n) is 8.76. The average Bonchev–Trinajstić information content (AvgIpc) is 3.50. The minimum Gasteiger partial charge on any atom is -0.455 e. The monoisotopic (exact) mass is 749 g/mol. The van der Waals surface area contributed by atoms with Crippen LogP contribution in [0.15, 0.2) is 53.6 Å². The molecule has 2 aromatic carbocycles. The molecule has 0 bridgehead atoms. The predicted molar refractivity (Wildman–Crippen MR) is 197 cm³/mol. The Kier molecular flexibility index (Phi) is 11.3. The number of alkyl carbamates (subject to hydrolysis) is 1. The van der Waals surface area contributed by atoms with E-state index in [1.54, 1.807) is 46.0 Å². The molecule has 2 radical (unpaired) electrons. The van der Waals surface area contributed by atoms with E-state index in [9.17, 15) is 24.3 Å². The summed E-state index contributed by atoms with van der Waals surface area (Å²) in [6, 6.07) is 9.59. The van der Waals surface area contributed by atoms with Crippen molar-refractivity contribution in [1.29, 1.82) is 0 Å². The fourth-order valence-electron chi connectivity index (χ4n) is 6.00. The molecule has 1 fully saturated rings. The number of aromatic nitrogens is 4. The van der Waals surface area contributed by atoms with Crippen molar-refractivity contribution in [1.82, 2.24) is 30.6 Å². The maximum atomic E-state index is 13.4. The van der Waals surface area contributed by atoms with Crippen LogP contribution in [0.2, 0.25) is 5.04 Å². The highest BCUT2D eigenvalue weighted by atomic mass is 28.2. The number of aromatic amines is 1. The van der Waals surface area contributed by atoms with E-state index in [1.807, 2.05) is 39.0 Å². The summed E-state index contributed by atoms with van der Waals surface area (Å²) in [7, 11) is 0.0174. The number of hydrogen-bond acceptors (Lipinski definition) is 12. The molecule has 2 amide bonds. The van der Waals surface area contributed by atoms with Gasteiger partial charge in [-0.2, -0.15) is 10.2 Å². The van der Waals surface area contributed by atoms with E-state index in [2.05, 4.69) is 25.9 Å². The molecular weight excluding hydrogens is 703 g/mol. The predicted octanol–water partition coefficient (Wildman–Crippen LogP) is 3.12. The van der Waals surface area contributed by atoms with Crippen LogP contribution in [-0.2, 0) is 34.8 Å². The lowest BCUT2D eigenvalue weighted by Gasteiger charge is -2.37. The number of rotatable bonds is 12. The fourth-order valence-corrected chi connectivity index (χ4v) is 6.69. The van der Waals surface area contributed by atoms with Gasteiger partial charge in [-0.3, -0.25) is 14.4 Å². The largest absolute Gasteiger partial charge is 0.455 e. The molecule has 3 heterocycles. The van der Waals surface area contributed by atoms with Crippen LogP contribution in [0.1, 0.15) is 67.2 Å². The Morgan fingerprint density at radius 1 is 1.15 bits per heavy atom. The van der Waals surface area contributed by atoms with Crippen LogP contribution in [0.5, 0.6) is 0 Å². The summed E-state index contributed by atoms with van der Waals surface area (Å²) in [5, 5.41) is 29.3. The maximum Gasteiger partial charge on any atom is 0.408 e. The molecule has 6 N–H and O–H groups in total. The minimum atomic E-state index is -1.92. The van der Waals surface area contributed by atoms with E-state index in [1.165, 1.54) is 23.9 Å². The SMILES string of the molecule is CC(C)C(NC(=O)OCc1ccccc1)C(=O)NCC(=O)OC1C(C(C)(C)O[Si]C(C)(C)C)OC(n2cc3c(N)cc4c(=O)[nH]ncc(n2)c34)C1(C)O. The number of carbonyl (C=O) groups is 3. The second kappa shape index (κ2) is 15.3. The number of benzene rings is 1. The van der Waals surface area contributed by atoms with Gasteiger partial charge in [-0.15, -0.1) is 0 Å². The van der Waals surface area contributed by atoms with E-state index in [0.717, 1.165) is 5.56 Å². The van der Waals surface area contributed by atoms with Crippen molar-refractivity contribution in [2.45, 2.75) is 103 Å². The van der Waals surface area contributed by atoms with Crippen LogP contribution in [0, 0.1) is 5.92 Å². The number of carbonyl (C=O) groups excluding carboxylic acids is 3. The number of esters is 1. The number of aliphatic hydroxyl groups is 1. The molecule has 1 saturated heterocycles. The summed E-state index contributed by atoms with van der Waals surface area (Å²) < 4.78 is 25.4. The molecule has 284 valence electrons. The standard InChI is InChI=1S/C36H47N7O9Si/c1-19(2)27(40-33(47)49-18-20-12-10-9-11-13-20)31(46)38-16-25(44)50-29-28(35(6,7)52-53-34(3,4)5)51-32(36(29,8)48)43-17-22-23(37)14-21-26(22)24(42-43)15-39-41-30(21)45/h9-15,17,19,27-29,32,48H,16,18,37H2,1-8H3,(H,38,46)(H,40,47)(H,41,45). The lowest BCUT2D eigenvalue weighted by atomic mass is 9.89. The Bertz CT molecular complexity index is 2020. The van der Waals surface area contributed by atoms with Crippen molar-refractivity contribution in [3.63, 3.8) is 0 Å². The molecule has 5 atom stereocenters. The van der Waals surface area contributed by atoms with Gasteiger partial charge in [0.15, 0.2) is 12.3 Å². The van der Waals surface area contributed by atoms with Gasteiger partial charge < -0.3 is 40.1 Å². The van der Waals surface area contributed by atoms with Crippen molar-refractivity contribution in [3.8, 4) is 0 Å². The first-order valence-electron chi connectivity index (χ1n) is 17.2. The molecule has 0 spiro atoms. The summed E-state index contributed by atoms with van der Waals surface area (Å²) in [4.78, 5) is 51.8. The van der Waals surface area contributed by atoms with Gasteiger partial charge in [0.05, 0.1) is 17.2 Å². The highest BCUT2D eigenvalue weighted by Gasteiger charge is 2.61. The van der Waals surface area contributed by atoms with Crippen molar-refractivity contribution < 1.29 is 38.1 Å². The number of hydrogen-bond donors (Lipinski definition) is 5. The summed E-state index contributed by atoms with van der Waals surface area (Å²) in [6.45, 7) is 13.9. The van der Waals surface area contributed by atoms with Crippen LogP contribution in [0.25, 0.3) is 21.7 Å². The Labute approximate surface area is 309 Å². The number of nitrogen functional groups attached to an aromatic ring is 1. The molecule has 4 aromatic rings. The third kappa shape index (κ3) is 8.86. The number of anilines is 1. The van der Waals surface area contributed by atoms with E-state index in [0.29, 0.717) is 27.4 Å². The van der Waals surface area contributed by atoms with Crippen molar-refractivity contribution in [2.24, 2.45) is 5.92 Å². The van der Waals surface area contributed by atoms with Gasteiger partial charge in [-0.25, -0.2) is 14.6 Å². The topological polar surface area (TPSA) is 222 Å². The fraction of sp³-hybridized carbons (Fsp3) is 0.500. The van der Waals surface area contributed by atoms with E-state index in [4.69, 9.17) is 24.4 Å². The summed E-state index contributed by atoms with van der Waals surface area (Å²) in [5.41, 5.74) is 4.23. The highest BCUT2D eigenvalue weighted by Crippen LogP contribution is 2.45. The molecule has 17 heteroatoms. The zero-order valence-corrected chi connectivity index (χ0v) is 32.1. The smallest absolute Gasteiger partial charge is 0.408 e. The minimum absolute atomic E-state index is 0.0158. The van der Waals surface area contributed by atoms with Gasteiger partial charge >= 0.3 is 12.1 Å². The Morgan fingerprint density at radius 2 is 1.85 bits per heavy atom. The van der Waals surface area contributed by atoms with Crippen LogP contribution in [0.4, 0.5) is 10.5 Å². The van der Waals surface area contributed by atoms with Crippen LogP contribution in [-0.4, -0.2) is 88.8 Å². The quantitative estimate of drug-likeness (QED) is 0.104. The number of nitrogens with zero attached hydrogens (tertiary/aromatic N) is 3. The molecule has 2 aromatic heterocycles. The molecule has 1 aliphatic rings. The summed E-state index contributed by atoms with van der Waals surface area (Å²) in [5.74, 6) is -1.86. The van der Waals surface area contributed by atoms with Crippen molar-refractivity contribution >= 4 is 55.1 Å². The van der Waals surface area contributed by atoms with Gasteiger partial charge in [0.2, 0.25) is 15.7 Å². The molecule has 0 aliphatic carbocycles. The Hall–Kier alpha value is -4.84. The lowest BCUT2D eigenvalue weighted by molar-refractivity contribution is -0.168. The second-order valence-corrected chi connectivity index (χ2v) is 17.2. The lowest BCUT2D eigenvalue weighted by Crippen LogP contribution is -2.55. The molecule has 5 unspecified atom stereocenters. The number of ether oxygens (including phenoxy) is 3. The number of H-pyrrole nitrogens is 1. The van der Waals surface area contributed by atoms with Gasteiger partial charge in [0, 0.05) is 22.7 Å². The Balaban J connectivity index is 1.36. The third-order valence-corrected chi connectivity index (χ3v) is 10.0. The first-order valence-corrected chi connectivity index (χ1v) is 18.1. The zero-order valence-electron chi connectivity index (χ0n) is 31.1. The van der Waals surface area contributed by atoms with Gasteiger partial charge in [0.25, 0.3) is 5.56 Å². The maximum absolute atomic E-state index is 13.4. The van der Waals surface area contributed by atoms with Gasteiger partial charge in [-0.05, 0) is 43.4 Å². The number of nitrogens with one attached hydrogen (secondary N) is 3. The van der Waals surface area contributed by atoms with E-state index in [-0.39, 0.29) is 27.3 Å². The molecule has 16 nitrogen and oxygen atoms in total. The van der Waals surface area contributed by atoms with E-state index < -0.39 is 65.8 Å². The highest BCUT2D eigenvalue weighted by molar-refractivity contribution is 6.31. The summed E-state index contributed by atoms with van der Waals surface area (Å²) >= 11 is 0. The molecule has 53 heavy (non-hydrogen) atoms. The summed E-state index contributed by atoms with van der Waals surface area (Å²) in [6.07, 6.45) is -1.46. The first kappa shape index (κ1) is 39.4. The molecular formula is C36H47N7O9Si. The molecule has 0 saturated carbocycles. The second-order valence-electron chi connectivity index (χ2n) is 15.2.